The van der Waals surface area contributed by atoms with Gasteiger partial charge in [-0.3, -0.25) is 4.79 Å². The first-order valence-electron chi connectivity index (χ1n) is 7.92. The molecule has 7 nitrogen and oxygen atoms in total. The minimum absolute atomic E-state index is 0.0107. The van der Waals surface area contributed by atoms with Gasteiger partial charge in [-0.25, -0.2) is 8.42 Å². The van der Waals surface area contributed by atoms with Crippen molar-refractivity contribution in [2.24, 2.45) is 0 Å². The van der Waals surface area contributed by atoms with E-state index in [-0.39, 0.29) is 28.1 Å². The van der Waals surface area contributed by atoms with Crippen molar-refractivity contribution in [2.45, 2.75) is 30.9 Å². The summed E-state index contributed by atoms with van der Waals surface area (Å²) in [7, 11) is -2.28. The average Bonchev–Trinajstić information content (AvgIpc) is 3.13. The van der Waals surface area contributed by atoms with E-state index in [1.807, 2.05) is 0 Å². The number of nitrogens with one attached hydrogen (secondary N) is 1. The lowest BCUT2D eigenvalue weighted by Crippen LogP contribution is -2.33. The van der Waals surface area contributed by atoms with Crippen LogP contribution in [-0.2, 0) is 10.0 Å². The van der Waals surface area contributed by atoms with Crippen molar-refractivity contribution in [2.75, 3.05) is 13.6 Å². The van der Waals surface area contributed by atoms with Gasteiger partial charge in [0.05, 0.1) is 28.3 Å². The Morgan fingerprint density at radius 1 is 1.35 bits per heavy atom. The smallest absolute Gasteiger partial charge is 0.252 e. The minimum Gasteiger partial charge on any atom is -0.467 e. The zero-order valence-electron chi connectivity index (χ0n) is 14.6. The quantitative estimate of drug-likeness (QED) is 0.743. The van der Waals surface area contributed by atoms with Crippen molar-refractivity contribution in [3.8, 4) is 0 Å². The molecule has 1 aromatic heterocycles. The van der Waals surface area contributed by atoms with Gasteiger partial charge >= 0.3 is 0 Å². The number of sulfonamides is 1. The number of amides is 1. The molecule has 1 aromatic carbocycles. The summed E-state index contributed by atoms with van der Waals surface area (Å²) >= 11 is 6.05. The summed E-state index contributed by atoms with van der Waals surface area (Å²) in [6.07, 6.45) is 0.392. The van der Waals surface area contributed by atoms with Crippen LogP contribution in [0.25, 0.3) is 0 Å². The summed E-state index contributed by atoms with van der Waals surface area (Å²) in [6.45, 7) is 3.39. The van der Waals surface area contributed by atoms with Crippen LogP contribution in [0.3, 0.4) is 0 Å². The number of nitrogens with zero attached hydrogens (tertiary/aromatic N) is 1. The maximum atomic E-state index is 12.6. The summed E-state index contributed by atoms with van der Waals surface area (Å²) in [5.74, 6) is -0.281. The third-order valence-corrected chi connectivity index (χ3v) is 6.27. The van der Waals surface area contributed by atoms with Crippen LogP contribution < -0.4 is 5.32 Å². The van der Waals surface area contributed by atoms with E-state index in [9.17, 15) is 18.3 Å². The maximum Gasteiger partial charge on any atom is 0.252 e. The molecular weight excluding hydrogens is 380 g/mol. The van der Waals surface area contributed by atoms with Gasteiger partial charge in [0.15, 0.2) is 0 Å². The highest BCUT2D eigenvalue weighted by Gasteiger charge is 2.25. The van der Waals surface area contributed by atoms with Crippen molar-refractivity contribution in [1.29, 1.82) is 0 Å². The van der Waals surface area contributed by atoms with Crippen molar-refractivity contribution in [3.05, 3.63) is 52.9 Å². The molecule has 0 bridgehead atoms. The van der Waals surface area contributed by atoms with Crippen molar-refractivity contribution >= 4 is 27.5 Å². The van der Waals surface area contributed by atoms with E-state index in [0.717, 1.165) is 0 Å². The molecule has 0 radical (unpaired) electrons. The molecule has 142 valence electrons. The molecule has 0 fully saturated rings. The highest BCUT2D eigenvalue weighted by molar-refractivity contribution is 7.89. The number of halogens is 1. The number of hydrogen-bond donors (Lipinski definition) is 2. The fourth-order valence-electron chi connectivity index (χ4n) is 2.15. The second-order valence-electron chi connectivity index (χ2n) is 6.00. The lowest BCUT2D eigenvalue weighted by molar-refractivity contribution is 0.0901. The first-order valence-corrected chi connectivity index (χ1v) is 9.73. The summed E-state index contributed by atoms with van der Waals surface area (Å²) in [5, 5.41) is 12.6. The molecule has 0 unspecified atom stereocenters. The Morgan fingerprint density at radius 3 is 2.62 bits per heavy atom. The van der Waals surface area contributed by atoms with Gasteiger partial charge in [0.2, 0.25) is 10.0 Å². The maximum absolute atomic E-state index is 12.6. The normalized spacial score (nSPS) is 13.2. The van der Waals surface area contributed by atoms with E-state index >= 15 is 0 Å². The second-order valence-corrected chi connectivity index (χ2v) is 8.40. The van der Waals surface area contributed by atoms with Crippen molar-refractivity contribution in [3.63, 3.8) is 0 Å². The lowest BCUT2D eigenvalue weighted by atomic mass is 10.2. The van der Waals surface area contributed by atoms with Gasteiger partial charge < -0.3 is 14.8 Å². The minimum atomic E-state index is -3.75. The Morgan fingerprint density at radius 2 is 2.04 bits per heavy atom. The SMILES string of the molecule is CC(C)N(C)S(=O)(=O)c1ccc(Cl)c(C(=O)NC[C@H](O)c2ccco2)c1. The molecule has 0 saturated heterocycles. The number of aliphatic hydroxyl groups is 1. The number of carbonyl (C=O) groups is 1. The van der Waals surface area contributed by atoms with Crippen LogP contribution in [0.15, 0.2) is 45.9 Å². The molecule has 0 aliphatic heterocycles. The molecule has 2 N–H and O–H groups in total. The molecule has 9 heteroatoms. The molecule has 2 rings (SSSR count). The zero-order valence-corrected chi connectivity index (χ0v) is 16.2. The van der Waals surface area contributed by atoms with E-state index in [1.54, 1.807) is 26.0 Å². The molecule has 1 amide bonds. The predicted molar refractivity (Wildman–Crippen MR) is 97.5 cm³/mol. The van der Waals surface area contributed by atoms with Crippen LogP contribution in [0, 0.1) is 0 Å². The summed E-state index contributed by atoms with van der Waals surface area (Å²) < 4.78 is 31.4. The molecule has 26 heavy (non-hydrogen) atoms. The van der Waals surface area contributed by atoms with E-state index in [2.05, 4.69) is 5.32 Å². The van der Waals surface area contributed by atoms with Crippen LogP contribution in [-0.4, -0.2) is 43.4 Å². The Kier molecular flexibility index (Phi) is 6.46. The molecule has 0 saturated carbocycles. The summed E-state index contributed by atoms with van der Waals surface area (Å²) in [5.41, 5.74) is 0.0107. The molecular formula is C17H21ClN2O5S. The number of hydrogen-bond acceptors (Lipinski definition) is 5. The van der Waals surface area contributed by atoms with E-state index in [0.29, 0.717) is 5.76 Å². The third kappa shape index (κ3) is 4.45. The number of furan rings is 1. The molecule has 0 spiro atoms. The van der Waals surface area contributed by atoms with Crippen LogP contribution in [0.4, 0.5) is 0 Å². The van der Waals surface area contributed by atoms with Gasteiger partial charge in [-0.1, -0.05) is 11.6 Å². The Balaban J connectivity index is 2.20. The Labute approximate surface area is 157 Å². The predicted octanol–water partition coefficient (Wildman–Crippen LogP) is 2.43. The Hall–Kier alpha value is -1.87. The van der Waals surface area contributed by atoms with Crippen molar-refractivity contribution in [1.82, 2.24) is 9.62 Å². The third-order valence-electron chi connectivity index (χ3n) is 3.91. The molecule has 0 aliphatic carbocycles. The van der Waals surface area contributed by atoms with E-state index in [4.69, 9.17) is 16.0 Å². The highest BCUT2D eigenvalue weighted by atomic mass is 35.5. The molecule has 2 aromatic rings. The fraction of sp³-hybridized carbons (Fsp3) is 0.353. The highest BCUT2D eigenvalue weighted by Crippen LogP contribution is 2.23. The largest absolute Gasteiger partial charge is 0.467 e. The first kappa shape index (κ1) is 20.4. The standard InChI is InChI=1S/C17H21ClN2O5S/c1-11(2)20(3)26(23,24)12-6-7-14(18)13(9-12)17(22)19-10-15(21)16-5-4-8-25-16/h4-9,11,15,21H,10H2,1-3H3,(H,19,22)/t15-/m0/s1. The van der Waals surface area contributed by atoms with Crippen LogP contribution in [0.1, 0.15) is 36.1 Å². The van der Waals surface area contributed by atoms with Gasteiger partial charge in [0.1, 0.15) is 11.9 Å². The van der Waals surface area contributed by atoms with E-state index < -0.39 is 22.0 Å². The summed E-state index contributed by atoms with van der Waals surface area (Å²) in [4.78, 5) is 12.3. The van der Waals surface area contributed by atoms with Crippen LogP contribution >= 0.6 is 11.6 Å². The summed E-state index contributed by atoms with van der Waals surface area (Å²) in [6, 6.07) is 6.91. The van der Waals surface area contributed by atoms with Gasteiger partial charge in [0, 0.05) is 13.1 Å². The van der Waals surface area contributed by atoms with E-state index in [1.165, 1.54) is 35.8 Å². The van der Waals surface area contributed by atoms with Gasteiger partial charge in [-0.05, 0) is 44.2 Å². The fourth-order valence-corrected chi connectivity index (χ4v) is 3.75. The van der Waals surface area contributed by atoms with Crippen LogP contribution in [0.5, 0.6) is 0 Å². The first-order chi connectivity index (χ1) is 12.1. The molecule has 0 aliphatic rings. The zero-order chi connectivity index (χ0) is 19.5. The Bertz CT molecular complexity index is 865. The lowest BCUT2D eigenvalue weighted by Gasteiger charge is -2.21. The van der Waals surface area contributed by atoms with Crippen molar-refractivity contribution < 1.29 is 22.7 Å². The molecule has 1 heterocycles. The monoisotopic (exact) mass is 400 g/mol. The number of rotatable bonds is 7. The number of benzene rings is 1. The number of aliphatic hydroxyl groups excluding tert-OH is 1. The van der Waals surface area contributed by atoms with Gasteiger partial charge in [-0.2, -0.15) is 4.31 Å². The van der Waals surface area contributed by atoms with Crippen LogP contribution in [0.2, 0.25) is 5.02 Å². The number of carbonyl (C=O) groups excluding carboxylic acids is 1. The van der Waals surface area contributed by atoms with Gasteiger partial charge in [0.25, 0.3) is 5.91 Å². The van der Waals surface area contributed by atoms with Gasteiger partial charge in [-0.15, -0.1) is 0 Å². The second kappa shape index (κ2) is 8.22. The average molecular weight is 401 g/mol. The topological polar surface area (TPSA) is 99.9 Å². The molecule has 1 atom stereocenters.